The topological polar surface area (TPSA) is 75.7 Å². The van der Waals surface area contributed by atoms with E-state index in [0.717, 1.165) is 16.0 Å². The summed E-state index contributed by atoms with van der Waals surface area (Å²) in [5, 5.41) is 2.75. The summed E-state index contributed by atoms with van der Waals surface area (Å²) in [6.07, 6.45) is 0.385. The Hall–Kier alpha value is -3.15. The number of amides is 3. The van der Waals surface area contributed by atoms with Crippen LogP contribution in [0.3, 0.4) is 0 Å². The monoisotopic (exact) mass is 366 g/mol. The van der Waals surface area contributed by atoms with Gasteiger partial charge in [0.1, 0.15) is 18.7 Å². The lowest BCUT2D eigenvalue weighted by Crippen LogP contribution is -2.43. The average Bonchev–Trinajstić information content (AvgIpc) is 2.93. The Morgan fingerprint density at radius 1 is 1.07 bits per heavy atom. The zero-order valence-electron chi connectivity index (χ0n) is 15.4. The van der Waals surface area contributed by atoms with Gasteiger partial charge in [0.15, 0.2) is 0 Å². The molecule has 1 aliphatic heterocycles. The lowest BCUT2D eigenvalue weighted by atomic mass is 9.87. The SMILES string of the molecule is CC[C@]1(c2ccccc2)NC(=O)N(CC(=O)OCc2ccc(C)cc2)C1=O. The zero-order chi connectivity index (χ0) is 19.4. The first-order valence-corrected chi connectivity index (χ1v) is 8.87. The second kappa shape index (κ2) is 7.61. The molecular formula is C21H22N2O4. The zero-order valence-corrected chi connectivity index (χ0v) is 15.4. The molecule has 3 amide bonds. The van der Waals surface area contributed by atoms with E-state index in [1.807, 2.05) is 56.3 Å². The van der Waals surface area contributed by atoms with Crippen molar-refractivity contribution in [1.29, 1.82) is 0 Å². The standard InChI is InChI=1S/C21H22N2O4/c1-3-21(17-7-5-4-6-8-17)19(25)23(20(26)22-21)13-18(24)27-14-16-11-9-15(2)10-12-16/h4-12H,3,13-14H2,1-2H3,(H,22,26)/t21-/m1/s1. The van der Waals surface area contributed by atoms with Crippen LogP contribution in [0.5, 0.6) is 0 Å². The van der Waals surface area contributed by atoms with Crippen LogP contribution in [-0.4, -0.2) is 29.4 Å². The summed E-state index contributed by atoms with van der Waals surface area (Å²) in [7, 11) is 0. The van der Waals surface area contributed by atoms with Gasteiger partial charge in [0.05, 0.1) is 0 Å². The summed E-state index contributed by atoms with van der Waals surface area (Å²) >= 11 is 0. The van der Waals surface area contributed by atoms with E-state index in [1.165, 1.54) is 0 Å². The molecule has 0 aromatic heterocycles. The number of hydrogen-bond acceptors (Lipinski definition) is 4. The number of aryl methyl sites for hydroxylation is 1. The van der Waals surface area contributed by atoms with Gasteiger partial charge < -0.3 is 10.1 Å². The maximum Gasteiger partial charge on any atom is 0.326 e. The van der Waals surface area contributed by atoms with Crippen molar-refractivity contribution in [2.24, 2.45) is 0 Å². The van der Waals surface area contributed by atoms with Gasteiger partial charge in [0, 0.05) is 0 Å². The molecule has 0 spiro atoms. The summed E-state index contributed by atoms with van der Waals surface area (Å²) in [5.74, 6) is -1.06. The van der Waals surface area contributed by atoms with Gasteiger partial charge in [-0.15, -0.1) is 0 Å². The first-order chi connectivity index (χ1) is 13.0. The number of nitrogens with zero attached hydrogens (tertiary/aromatic N) is 1. The van der Waals surface area contributed by atoms with Crippen molar-refractivity contribution < 1.29 is 19.1 Å². The van der Waals surface area contributed by atoms with Crippen molar-refractivity contribution >= 4 is 17.9 Å². The van der Waals surface area contributed by atoms with E-state index in [9.17, 15) is 14.4 Å². The summed E-state index contributed by atoms with van der Waals surface area (Å²) in [6.45, 7) is 3.48. The van der Waals surface area contributed by atoms with Gasteiger partial charge in [0.2, 0.25) is 0 Å². The van der Waals surface area contributed by atoms with Crippen LogP contribution in [0.1, 0.15) is 30.0 Å². The van der Waals surface area contributed by atoms with Gasteiger partial charge in [0.25, 0.3) is 5.91 Å². The third-order valence-electron chi connectivity index (χ3n) is 4.78. The minimum atomic E-state index is -1.14. The normalized spacial score (nSPS) is 19.1. The Labute approximate surface area is 158 Å². The van der Waals surface area contributed by atoms with Crippen LogP contribution in [0.4, 0.5) is 4.79 Å². The Bertz CT molecular complexity index is 848. The number of ether oxygens (including phenoxy) is 1. The summed E-state index contributed by atoms with van der Waals surface area (Å²) < 4.78 is 5.22. The number of rotatable bonds is 6. The first-order valence-electron chi connectivity index (χ1n) is 8.87. The van der Waals surface area contributed by atoms with Crippen LogP contribution in [0.15, 0.2) is 54.6 Å². The molecule has 0 radical (unpaired) electrons. The first kappa shape index (κ1) is 18.6. The van der Waals surface area contributed by atoms with Crippen molar-refractivity contribution in [1.82, 2.24) is 10.2 Å². The van der Waals surface area contributed by atoms with Crippen LogP contribution in [0, 0.1) is 6.92 Å². The molecule has 2 aromatic carbocycles. The van der Waals surface area contributed by atoms with E-state index in [2.05, 4.69) is 5.32 Å². The molecule has 1 N–H and O–H groups in total. The summed E-state index contributed by atoms with van der Waals surface area (Å²) in [6, 6.07) is 16.1. The van der Waals surface area contributed by atoms with Crippen LogP contribution in [-0.2, 0) is 26.5 Å². The molecule has 0 aliphatic carbocycles. The highest BCUT2D eigenvalue weighted by atomic mass is 16.5. The fourth-order valence-electron chi connectivity index (χ4n) is 3.15. The smallest absolute Gasteiger partial charge is 0.326 e. The van der Waals surface area contributed by atoms with E-state index < -0.39 is 30.0 Å². The lowest BCUT2D eigenvalue weighted by molar-refractivity contribution is -0.149. The van der Waals surface area contributed by atoms with Gasteiger partial charge in [-0.25, -0.2) is 4.79 Å². The third kappa shape index (κ3) is 3.69. The number of benzene rings is 2. The van der Waals surface area contributed by atoms with E-state index in [1.54, 1.807) is 12.1 Å². The van der Waals surface area contributed by atoms with Gasteiger partial charge in [-0.05, 0) is 24.5 Å². The Balaban J connectivity index is 1.68. The highest BCUT2D eigenvalue weighted by Gasteiger charge is 2.51. The molecular weight excluding hydrogens is 344 g/mol. The number of carbonyl (C=O) groups excluding carboxylic acids is 3. The summed E-state index contributed by atoms with van der Waals surface area (Å²) in [4.78, 5) is 38.4. The number of esters is 1. The van der Waals surface area contributed by atoms with Crippen molar-refractivity contribution in [3.63, 3.8) is 0 Å². The van der Waals surface area contributed by atoms with E-state index in [4.69, 9.17) is 4.74 Å². The molecule has 1 saturated heterocycles. The molecule has 1 aliphatic rings. The lowest BCUT2D eigenvalue weighted by Gasteiger charge is -2.25. The molecule has 6 nitrogen and oxygen atoms in total. The van der Waals surface area contributed by atoms with Gasteiger partial charge in [-0.1, -0.05) is 67.1 Å². The molecule has 1 fully saturated rings. The van der Waals surface area contributed by atoms with Crippen LogP contribution in [0.2, 0.25) is 0 Å². The second-order valence-electron chi connectivity index (χ2n) is 6.59. The number of imide groups is 1. The highest BCUT2D eigenvalue weighted by Crippen LogP contribution is 2.32. The molecule has 1 heterocycles. The molecule has 27 heavy (non-hydrogen) atoms. The Morgan fingerprint density at radius 3 is 2.37 bits per heavy atom. The van der Waals surface area contributed by atoms with Crippen molar-refractivity contribution in [3.8, 4) is 0 Å². The Kier molecular flexibility index (Phi) is 5.26. The fourth-order valence-corrected chi connectivity index (χ4v) is 3.15. The molecule has 140 valence electrons. The molecule has 0 bridgehead atoms. The molecule has 3 rings (SSSR count). The minimum Gasteiger partial charge on any atom is -0.459 e. The molecule has 6 heteroatoms. The predicted molar refractivity (Wildman–Crippen MR) is 99.6 cm³/mol. The third-order valence-corrected chi connectivity index (χ3v) is 4.78. The van der Waals surface area contributed by atoms with E-state index >= 15 is 0 Å². The van der Waals surface area contributed by atoms with E-state index in [0.29, 0.717) is 12.0 Å². The average molecular weight is 366 g/mol. The van der Waals surface area contributed by atoms with E-state index in [-0.39, 0.29) is 6.61 Å². The largest absolute Gasteiger partial charge is 0.459 e. The van der Waals surface area contributed by atoms with Gasteiger partial charge in [-0.3, -0.25) is 14.5 Å². The van der Waals surface area contributed by atoms with Crippen molar-refractivity contribution in [2.75, 3.05) is 6.54 Å². The number of nitrogens with one attached hydrogen (secondary N) is 1. The maximum absolute atomic E-state index is 13.0. The maximum atomic E-state index is 13.0. The highest BCUT2D eigenvalue weighted by molar-refractivity contribution is 6.09. The molecule has 2 aromatic rings. The van der Waals surface area contributed by atoms with Crippen molar-refractivity contribution in [2.45, 2.75) is 32.4 Å². The van der Waals surface area contributed by atoms with Crippen molar-refractivity contribution in [3.05, 3.63) is 71.3 Å². The minimum absolute atomic E-state index is 0.0976. The van der Waals surface area contributed by atoms with Crippen LogP contribution >= 0.6 is 0 Å². The van der Waals surface area contributed by atoms with Gasteiger partial charge >= 0.3 is 12.0 Å². The Morgan fingerprint density at radius 2 is 1.74 bits per heavy atom. The van der Waals surface area contributed by atoms with Crippen LogP contribution < -0.4 is 5.32 Å². The number of hydrogen-bond donors (Lipinski definition) is 1. The second-order valence-corrected chi connectivity index (χ2v) is 6.59. The molecule has 0 saturated carbocycles. The molecule has 1 atom stereocenters. The number of carbonyl (C=O) groups is 3. The quantitative estimate of drug-likeness (QED) is 0.630. The fraction of sp³-hybridized carbons (Fsp3) is 0.286. The summed E-state index contributed by atoms with van der Waals surface area (Å²) in [5.41, 5.74) is 1.51. The van der Waals surface area contributed by atoms with Crippen LogP contribution in [0.25, 0.3) is 0 Å². The number of urea groups is 1. The predicted octanol–water partition coefficient (Wildman–Crippen LogP) is 2.90. The molecule has 0 unspecified atom stereocenters. The van der Waals surface area contributed by atoms with Gasteiger partial charge in [-0.2, -0.15) is 0 Å².